The van der Waals surface area contributed by atoms with Crippen LogP contribution in [0.3, 0.4) is 0 Å². The molecule has 104 valence electrons. The molecule has 0 spiro atoms. The van der Waals surface area contributed by atoms with E-state index >= 15 is 0 Å². The van der Waals surface area contributed by atoms with E-state index in [1.165, 1.54) is 6.07 Å². The second-order valence-electron chi connectivity index (χ2n) is 3.25. The molecular formula is C9H16ClN3O3S2. The Morgan fingerprint density at radius 3 is 2.72 bits per heavy atom. The van der Waals surface area contributed by atoms with Gasteiger partial charge in [-0.25, -0.2) is 13.1 Å². The Labute approximate surface area is 116 Å². The molecule has 4 N–H and O–H groups in total. The Balaban J connectivity index is 0.00000289. The third-order valence-electron chi connectivity index (χ3n) is 1.89. The fourth-order valence-electron chi connectivity index (χ4n) is 1.04. The van der Waals surface area contributed by atoms with Gasteiger partial charge in [-0.1, -0.05) is 6.07 Å². The van der Waals surface area contributed by atoms with Gasteiger partial charge in [-0.05, 0) is 24.4 Å². The van der Waals surface area contributed by atoms with E-state index in [1.54, 1.807) is 11.4 Å². The second kappa shape index (κ2) is 8.44. The third kappa shape index (κ3) is 5.78. The molecule has 1 amide bonds. The van der Waals surface area contributed by atoms with Gasteiger partial charge in [0.2, 0.25) is 5.91 Å². The molecule has 0 aliphatic rings. The van der Waals surface area contributed by atoms with Gasteiger partial charge < -0.3 is 11.1 Å². The smallest absolute Gasteiger partial charge is 0.250 e. The summed E-state index contributed by atoms with van der Waals surface area (Å²) in [6.45, 7) is 0.683. The van der Waals surface area contributed by atoms with Crippen LogP contribution in [0.5, 0.6) is 0 Å². The summed E-state index contributed by atoms with van der Waals surface area (Å²) in [4.78, 5) is 11.3. The molecule has 6 nitrogen and oxygen atoms in total. The number of halogens is 1. The lowest BCUT2D eigenvalue weighted by molar-refractivity contribution is -0.119. The van der Waals surface area contributed by atoms with Crippen molar-refractivity contribution in [2.45, 2.75) is 10.6 Å². The van der Waals surface area contributed by atoms with Crippen molar-refractivity contribution in [3.8, 4) is 0 Å². The Morgan fingerprint density at radius 2 is 2.17 bits per heavy atom. The summed E-state index contributed by atoms with van der Waals surface area (Å²) in [6.07, 6.45) is 0.670. The summed E-state index contributed by atoms with van der Waals surface area (Å²) in [5, 5.41) is 4.22. The van der Waals surface area contributed by atoms with Gasteiger partial charge >= 0.3 is 0 Å². The van der Waals surface area contributed by atoms with Crippen LogP contribution in [0.1, 0.15) is 6.42 Å². The van der Waals surface area contributed by atoms with Gasteiger partial charge in [0.15, 0.2) is 0 Å². The number of sulfonamides is 1. The van der Waals surface area contributed by atoms with Crippen molar-refractivity contribution < 1.29 is 13.2 Å². The Morgan fingerprint density at radius 1 is 1.44 bits per heavy atom. The van der Waals surface area contributed by atoms with Crippen LogP contribution in [-0.2, 0) is 14.8 Å². The summed E-state index contributed by atoms with van der Waals surface area (Å²) in [5.41, 5.74) is 5.26. The first-order chi connectivity index (χ1) is 8.06. The van der Waals surface area contributed by atoms with Crippen LogP contribution < -0.4 is 15.8 Å². The maximum absolute atomic E-state index is 11.6. The summed E-state index contributed by atoms with van der Waals surface area (Å²) in [6, 6.07) is 3.12. The Kier molecular flexibility index (Phi) is 8.12. The van der Waals surface area contributed by atoms with Crippen molar-refractivity contribution in [3.05, 3.63) is 17.5 Å². The molecular weight excluding hydrogens is 298 g/mol. The highest BCUT2D eigenvalue weighted by molar-refractivity contribution is 7.91. The van der Waals surface area contributed by atoms with Gasteiger partial charge in [-0.15, -0.1) is 23.7 Å². The van der Waals surface area contributed by atoms with Gasteiger partial charge in [0, 0.05) is 6.54 Å². The highest BCUT2D eigenvalue weighted by atomic mass is 35.5. The highest BCUT2D eigenvalue weighted by Crippen LogP contribution is 2.14. The molecule has 1 aromatic rings. The minimum Gasteiger partial charge on any atom is -0.355 e. The predicted molar refractivity (Wildman–Crippen MR) is 73.4 cm³/mol. The maximum atomic E-state index is 11.6. The van der Waals surface area contributed by atoms with Gasteiger partial charge in [-0.2, -0.15) is 0 Å². The van der Waals surface area contributed by atoms with Crippen LogP contribution in [0, 0.1) is 0 Å². The fraction of sp³-hybridized carbons (Fsp3) is 0.444. The molecule has 0 atom stereocenters. The van der Waals surface area contributed by atoms with E-state index in [2.05, 4.69) is 10.0 Å². The van der Waals surface area contributed by atoms with Gasteiger partial charge in [0.05, 0.1) is 6.54 Å². The van der Waals surface area contributed by atoms with Crippen molar-refractivity contribution in [3.63, 3.8) is 0 Å². The first-order valence-corrected chi connectivity index (χ1v) is 7.42. The number of hydrogen-bond donors (Lipinski definition) is 3. The number of nitrogens with one attached hydrogen (secondary N) is 2. The zero-order valence-corrected chi connectivity index (χ0v) is 12.0. The van der Waals surface area contributed by atoms with E-state index in [0.717, 1.165) is 11.3 Å². The normalized spacial score (nSPS) is 10.7. The van der Waals surface area contributed by atoms with E-state index in [9.17, 15) is 13.2 Å². The fourth-order valence-corrected chi connectivity index (χ4v) is 3.06. The van der Waals surface area contributed by atoms with E-state index in [0.29, 0.717) is 19.5 Å². The largest absolute Gasteiger partial charge is 0.355 e. The van der Waals surface area contributed by atoms with Crippen molar-refractivity contribution >= 4 is 39.7 Å². The van der Waals surface area contributed by atoms with E-state index in [1.807, 2.05) is 0 Å². The molecule has 0 radical (unpaired) electrons. The molecule has 0 saturated heterocycles. The summed E-state index contributed by atoms with van der Waals surface area (Å²) in [7, 11) is -3.56. The summed E-state index contributed by atoms with van der Waals surface area (Å²) in [5.74, 6) is -0.362. The van der Waals surface area contributed by atoms with E-state index in [4.69, 9.17) is 5.73 Å². The van der Waals surface area contributed by atoms with E-state index in [-0.39, 0.29) is 29.1 Å². The van der Waals surface area contributed by atoms with Crippen LogP contribution in [0.4, 0.5) is 0 Å². The van der Waals surface area contributed by atoms with E-state index < -0.39 is 10.0 Å². The molecule has 1 aromatic heterocycles. The maximum Gasteiger partial charge on any atom is 0.250 e. The lowest BCUT2D eigenvalue weighted by Gasteiger charge is -2.05. The zero-order valence-electron chi connectivity index (χ0n) is 9.59. The van der Waals surface area contributed by atoms with Crippen LogP contribution in [0.15, 0.2) is 21.7 Å². The first kappa shape index (κ1) is 17.3. The number of rotatable bonds is 7. The van der Waals surface area contributed by atoms with Crippen molar-refractivity contribution in [1.82, 2.24) is 10.0 Å². The highest BCUT2D eigenvalue weighted by Gasteiger charge is 2.15. The predicted octanol–water partition coefficient (Wildman–Crippen LogP) is -0.0868. The first-order valence-electron chi connectivity index (χ1n) is 5.06. The lowest BCUT2D eigenvalue weighted by Crippen LogP contribution is -2.37. The molecule has 0 fully saturated rings. The van der Waals surface area contributed by atoms with Crippen molar-refractivity contribution in [2.75, 3.05) is 19.6 Å². The molecule has 1 rings (SSSR count). The lowest BCUT2D eigenvalue weighted by atomic mass is 10.4. The quantitative estimate of drug-likeness (QED) is 0.612. The molecule has 0 aliphatic carbocycles. The second-order valence-corrected chi connectivity index (χ2v) is 6.19. The van der Waals surface area contributed by atoms with Gasteiger partial charge in [-0.3, -0.25) is 4.79 Å². The van der Waals surface area contributed by atoms with Crippen LogP contribution in [-0.4, -0.2) is 34.0 Å². The Bertz CT molecular complexity index is 448. The summed E-state index contributed by atoms with van der Waals surface area (Å²) >= 11 is 1.10. The average molecular weight is 314 g/mol. The monoisotopic (exact) mass is 313 g/mol. The number of hydrogen-bond acceptors (Lipinski definition) is 5. The van der Waals surface area contributed by atoms with Gasteiger partial charge in [0.1, 0.15) is 4.21 Å². The molecule has 9 heteroatoms. The minimum atomic E-state index is -3.56. The standard InChI is InChI=1S/C9H15N3O3S2.ClH/c10-4-2-5-11-8(13)7-12-17(14,15)9-3-1-6-16-9;/h1,3,6,12H,2,4-5,7,10H2,(H,11,13);1H. The van der Waals surface area contributed by atoms with Gasteiger partial charge in [0.25, 0.3) is 10.0 Å². The number of carbonyl (C=O) groups is 1. The number of thiophene rings is 1. The SMILES string of the molecule is Cl.NCCCNC(=O)CNS(=O)(=O)c1cccs1. The summed E-state index contributed by atoms with van der Waals surface area (Å²) < 4.78 is 25.7. The van der Waals surface area contributed by atoms with Crippen molar-refractivity contribution in [1.29, 1.82) is 0 Å². The minimum absolute atomic E-state index is 0. The van der Waals surface area contributed by atoms with Crippen LogP contribution in [0.2, 0.25) is 0 Å². The Hall–Kier alpha value is -0.670. The molecule has 0 saturated carbocycles. The molecule has 0 unspecified atom stereocenters. The number of carbonyl (C=O) groups excluding carboxylic acids is 1. The third-order valence-corrected chi connectivity index (χ3v) is 4.68. The molecule has 18 heavy (non-hydrogen) atoms. The van der Waals surface area contributed by atoms with Crippen LogP contribution >= 0.6 is 23.7 Å². The molecule has 0 aromatic carbocycles. The van der Waals surface area contributed by atoms with Crippen molar-refractivity contribution in [2.24, 2.45) is 5.73 Å². The molecule has 1 heterocycles. The molecule has 0 bridgehead atoms. The average Bonchev–Trinajstić information content (AvgIpc) is 2.81. The van der Waals surface area contributed by atoms with Crippen LogP contribution in [0.25, 0.3) is 0 Å². The molecule has 0 aliphatic heterocycles. The topological polar surface area (TPSA) is 101 Å². The number of nitrogens with two attached hydrogens (primary N) is 1. The number of amides is 1. The zero-order chi connectivity index (χ0) is 12.7.